The van der Waals surface area contributed by atoms with E-state index in [1.165, 1.54) is 0 Å². The van der Waals surface area contributed by atoms with Gasteiger partial charge in [-0.2, -0.15) is 0 Å². The summed E-state index contributed by atoms with van der Waals surface area (Å²) in [6.07, 6.45) is 3.50. The highest BCUT2D eigenvalue weighted by Gasteiger charge is 2.59. The highest BCUT2D eigenvalue weighted by molar-refractivity contribution is 5.84. The fourth-order valence-electron chi connectivity index (χ4n) is 2.94. The first-order valence-corrected chi connectivity index (χ1v) is 6.64. The van der Waals surface area contributed by atoms with Crippen molar-refractivity contribution in [2.24, 2.45) is 5.92 Å². The highest BCUT2D eigenvalue weighted by Crippen LogP contribution is 2.42. The topological polar surface area (TPSA) is 46.5 Å². The second-order valence-corrected chi connectivity index (χ2v) is 5.71. The Bertz CT molecular complexity index is 559. The van der Waals surface area contributed by atoms with Gasteiger partial charge in [0.25, 0.3) is 0 Å². The Morgan fingerprint density at radius 3 is 2.60 bits per heavy atom. The average Bonchev–Trinajstić information content (AvgIpc) is 2.55. The van der Waals surface area contributed by atoms with Crippen molar-refractivity contribution in [2.75, 3.05) is 0 Å². The quantitative estimate of drug-likeness (QED) is 0.677. The number of hydrogen-bond acceptors (Lipinski definition) is 3. The number of esters is 1. The lowest BCUT2D eigenvalue weighted by atomic mass is 9.76. The van der Waals surface area contributed by atoms with Crippen LogP contribution >= 0.6 is 0 Å². The molecule has 1 aromatic carbocycles. The summed E-state index contributed by atoms with van der Waals surface area (Å²) in [5, 5.41) is 10.8. The largest absolute Gasteiger partial charge is 0.457 e. The molecule has 3 heteroatoms. The zero-order valence-electron chi connectivity index (χ0n) is 11.9. The van der Waals surface area contributed by atoms with Gasteiger partial charge in [0.1, 0.15) is 5.60 Å². The standard InChI is InChI=1S/C17H20O3/c1-5-12-9-7-8-10-13(12)11-17(19)14(6-2)16(3,4)20-15(17)18/h5-10,14,19H,1-2,11H2,3-4H3/t14-,17-/m0/s1. The summed E-state index contributed by atoms with van der Waals surface area (Å²) in [7, 11) is 0. The molecule has 0 bridgehead atoms. The molecule has 1 heterocycles. The van der Waals surface area contributed by atoms with Crippen molar-refractivity contribution in [1.82, 2.24) is 0 Å². The van der Waals surface area contributed by atoms with Crippen molar-refractivity contribution in [2.45, 2.75) is 31.5 Å². The molecule has 0 radical (unpaired) electrons. The first kappa shape index (κ1) is 14.5. The van der Waals surface area contributed by atoms with Crippen LogP contribution in [0.1, 0.15) is 25.0 Å². The number of carbonyl (C=O) groups excluding carboxylic acids is 1. The summed E-state index contributed by atoms with van der Waals surface area (Å²) in [5.74, 6) is -1.05. The molecule has 1 aromatic rings. The Hall–Kier alpha value is -1.87. The van der Waals surface area contributed by atoms with E-state index in [2.05, 4.69) is 13.2 Å². The number of cyclic esters (lactones) is 1. The van der Waals surface area contributed by atoms with Gasteiger partial charge in [-0.15, -0.1) is 6.58 Å². The van der Waals surface area contributed by atoms with Crippen molar-refractivity contribution in [3.05, 3.63) is 54.6 Å². The van der Waals surface area contributed by atoms with E-state index in [1.807, 2.05) is 24.3 Å². The third-order valence-electron chi connectivity index (χ3n) is 3.94. The van der Waals surface area contributed by atoms with E-state index in [1.54, 1.807) is 26.0 Å². The number of benzene rings is 1. The molecule has 1 aliphatic heterocycles. The van der Waals surface area contributed by atoms with Gasteiger partial charge in [0, 0.05) is 6.42 Å². The molecule has 0 aliphatic carbocycles. The molecular weight excluding hydrogens is 252 g/mol. The van der Waals surface area contributed by atoms with Gasteiger partial charge in [-0.05, 0) is 25.0 Å². The molecule has 1 saturated heterocycles. The maximum Gasteiger partial charge on any atom is 0.339 e. The summed E-state index contributed by atoms with van der Waals surface area (Å²) >= 11 is 0. The van der Waals surface area contributed by atoms with Crippen LogP contribution in [0.3, 0.4) is 0 Å². The predicted octanol–water partition coefficient (Wildman–Crippen LogP) is 2.74. The number of aliphatic hydroxyl groups is 1. The SMILES string of the molecule is C=Cc1ccccc1C[C@@]1(O)C(=O)OC(C)(C)[C@@H]1C=C. The van der Waals surface area contributed by atoms with Crippen LogP contribution in [0.15, 0.2) is 43.5 Å². The van der Waals surface area contributed by atoms with E-state index in [-0.39, 0.29) is 6.42 Å². The lowest BCUT2D eigenvalue weighted by Gasteiger charge is -2.29. The fraction of sp³-hybridized carbons (Fsp3) is 0.353. The van der Waals surface area contributed by atoms with Crippen molar-refractivity contribution < 1.29 is 14.6 Å². The van der Waals surface area contributed by atoms with Gasteiger partial charge in [-0.25, -0.2) is 4.79 Å². The zero-order chi connectivity index (χ0) is 15.0. The van der Waals surface area contributed by atoms with Gasteiger partial charge in [-0.1, -0.05) is 43.0 Å². The van der Waals surface area contributed by atoms with Gasteiger partial charge in [-0.3, -0.25) is 0 Å². The summed E-state index contributed by atoms with van der Waals surface area (Å²) in [6.45, 7) is 11.1. The molecular formula is C17H20O3. The van der Waals surface area contributed by atoms with Gasteiger partial charge >= 0.3 is 5.97 Å². The summed E-state index contributed by atoms with van der Waals surface area (Å²) < 4.78 is 5.33. The van der Waals surface area contributed by atoms with Crippen molar-refractivity contribution in [1.29, 1.82) is 0 Å². The summed E-state index contributed by atoms with van der Waals surface area (Å²) in [5.41, 5.74) is -0.561. The molecule has 0 aromatic heterocycles. The third kappa shape index (κ3) is 2.18. The van der Waals surface area contributed by atoms with Crippen LogP contribution < -0.4 is 0 Å². The summed E-state index contributed by atoms with van der Waals surface area (Å²) in [4.78, 5) is 12.1. The molecule has 2 rings (SSSR count). The molecule has 1 N–H and O–H groups in total. The average molecular weight is 272 g/mol. The smallest absolute Gasteiger partial charge is 0.339 e. The highest BCUT2D eigenvalue weighted by atomic mass is 16.6. The van der Waals surface area contributed by atoms with Crippen LogP contribution in [0.2, 0.25) is 0 Å². The second-order valence-electron chi connectivity index (χ2n) is 5.71. The second kappa shape index (κ2) is 4.91. The maximum atomic E-state index is 12.1. The number of carbonyl (C=O) groups is 1. The van der Waals surface area contributed by atoms with Crippen molar-refractivity contribution >= 4 is 12.0 Å². The van der Waals surface area contributed by atoms with E-state index in [0.29, 0.717) is 0 Å². The van der Waals surface area contributed by atoms with Crippen molar-refractivity contribution in [3.8, 4) is 0 Å². The minimum Gasteiger partial charge on any atom is -0.457 e. The monoisotopic (exact) mass is 272 g/mol. The third-order valence-corrected chi connectivity index (χ3v) is 3.94. The van der Waals surface area contributed by atoms with E-state index < -0.39 is 23.1 Å². The molecule has 1 fully saturated rings. The lowest BCUT2D eigenvalue weighted by Crippen LogP contribution is -2.45. The van der Waals surface area contributed by atoms with Crippen LogP contribution in [-0.4, -0.2) is 22.3 Å². The number of ether oxygens (including phenoxy) is 1. The van der Waals surface area contributed by atoms with Crippen LogP contribution in [-0.2, 0) is 16.0 Å². The molecule has 3 nitrogen and oxygen atoms in total. The normalized spacial score (nSPS) is 27.9. The Balaban J connectivity index is 2.42. The fourth-order valence-corrected chi connectivity index (χ4v) is 2.94. The maximum absolute atomic E-state index is 12.1. The van der Waals surface area contributed by atoms with Crippen LogP contribution in [0.25, 0.3) is 6.08 Å². The Kier molecular flexibility index (Phi) is 3.57. The minimum atomic E-state index is -1.58. The number of rotatable bonds is 4. The molecule has 0 amide bonds. The Morgan fingerprint density at radius 1 is 1.35 bits per heavy atom. The first-order chi connectivity index (χ1) is 9.35. The van der Waals surface area contributed by atoms with Crippen LogP contribution in [0.5, 0.6) is 0 Å². The molecule has 106 valence electrons. The van der Waals surface area contributed by atoms with E-state index in [9.17, 15) is 9.90 Å². The number of hydrogen-bond donors (Lipinski definition) is 1. The van der Waals surface area contributed by atoms with Gasteiger partial charge < -0.3 is 9.84 Å². The Morgan fingerprint density at radius 2 is 2.00 bits per heavy atom. The van der Waals surface area contributed by atoms with Gasteiger partial charge in [0.15, 0.2) is 5.60 Å². The Labute approximate surface area is 119 Å². The minimum absolute atomic E-state index is 0.189. The first-order valence-electron chi connectivity index (χ1n) is 6.64. The van der Waals surface area contributed by atoms with Gasteiger partial charge in [0.05, 0.1) is 5.92 Å². The van der Waals surface area contributed by atoms with Gasteiger partial charge in [0.2, 0.25) is 0 Å². The van der Waals surface area contributed by atoms with Crippen LogP contribution in [0, 0.1) is 5.92 Å². The zero-order valence-corrected chi connectivity index (χ0v) is 11.9. The molecule has 0 spiro atoms. The molecule has 2 atom stereocenters. The van der Waals surface area contributed by atoms with E-state index in [0.717, 1.165) is 11.1 Å². The van der Waals surface area contributed by atoms with E-state index >= 15 is 0 Å². The van der Waals surface area contributed by atoms with E-state index in [4.69, 9.17) is 4.74 Å². The molecule has 0 saturated carbocycles. The molecule has 0 unspecified atom stereocenters. The predicted molar refractivity (Wildman–Crippen MR) is 79.0 cm³/mol. The lowest BCUT2D eigenvalue weighted by molar-refractivity contribution is -0.157. The molecule has 20 heavy (non-hydrogen) atoms. The van der Waals surface area contributed by atoms with Crippen LogP contribution in [0.4, 0.5) is 0 Å². The molecule has 1 aliphatic rings. The van der Waals surface area contributed by atoms with Crippen molar-refractivity contribution in [3.63, 3.8) is 0 Å². The summed E-state index contributed by atoms with van der Waals surface area (Å²) in [6, 6.07) is 7.56.